The summed E-state index contributed by atoms with van der Waals surface area (Å²) in [4.78, 5) is 35.4. The Hall–Kier alpha value is -4.78. The third-order valence-electron chi connectivity index (χ3n) is 7.48. The molecule has 7 heteroatoms. The summed E-state index contributed by atoms with van der Waals surface area (Å²) >= 11 is 0. The highest BCUT2D eigenvalue weighted by Gasteiger charge is 2.50. The molecule has 0 saturated carbocycles. The first kappa shape index (κ1) is 24.6. The normalized spacial score (nSPS) is 16.1. The second-order valence-electron chi connectivity index (χ2n) is 9.89. The van der Waals surface area contributed by atoms with Crippen LogP contribution in [-0.2, 0) is 29.8 Å². The van der Waals surface area contributed by atoms with Gasteiger partial charge in [-0.25, -0.2) is 9.38 Å². The van der Waals surface area contributed by atoms with Crippen LogP contribution in [0.4, 0.5) is 4.39 Å². The first-order chi connectivity index (χ1) is 19.0. The molecule has 0 aliphatic carbocycles. The third kappa shape index (κ3) is 4.36. The molecule has 0 fully saturated rings. The first-order valence-corrected chi connectivity index (χ1v) is 12.9. The van der Waals surface area contributed by atoms with Crippen LogP contribution in [0.25, 0.3) is 0 Å². The van der Waals surface area contributed by atoms with E-state index in [1.165, 1.54) is 17.0 Å². The fourth-order valence-corrected chi connectivity index (χ4v) is 5.50. The van der Waals surface area contributed by atoms with Crippen LogP contribution in [0.1, 0.15) is 38.2 Å². The Morgan fingerprint density at radius 1 is 0.872 bits per heavy atom. The molecule has 0 radical (unpaired) electrons. The van der Waals surface area contributed by atoms with Crippen molar-refractivity contribution in [2.45, 2.75) is 25.0 Å². The smallest absolute Gasteiger partial charge is 0.266 e. The number of halogens is 1. The van der Waals surface area contributed by atoms with Crippen molar-refractivity contribution in [1.82, 2.24) is 9.80 Å². The highest BCUT2D eigenvalue weighted by molar-refractivity contribution is 6.09. The molecule has 39 heavy (non-hydrogen) atoms. The van der Waals surface area contributed by atoms with E-state index in [9.17, 15) is 14.0 Å². The predicted molar refractivity (Wildman–Crippen MR) is 147 cm³/mol. The molecule has 194 valence electrons. The van der Waals surface area contributed by atoms with Gasteiger partial charge in [0.1, 0.15) is 5.82 Å². The minimum Gasteiger partial charge on any atom is -0.369 e. The number of fused-ring (bicyclic) bond motifs is 1. The van der Waals surface area contributed by atoms with Crippen LogP contribution >= 0.6 is 0 Å². The van der Waals surface area contributed by atoms with Crippen molar-refractivity contribution in [2.24, 2.45) is 10.7 Å². The lowest BCUT2D eigenvalue weighted by Crippen LogP contribution is -2.43. The molecule has 6 nitrogen and oxygen atoms in total. The summed E-state index contributed by atoms with van der Waals surface area (Å²) < 4.78 is 13.8. The van der Waals surface area contributed by atoms with Gasteiger partial charge >= 0.3 is 0 Å². The molecule has 4 aromatic rings. The molecular formula is C32H27FN4O2. The predicted octanol–water partition coefficient (Wildman–Crippen LogP) is 4.62. The van der Waals surface area contributed by atoms with E-state index in [1.54, 1.807) is 29.2 Å². The largest absolute Gasteiger partial charge is 0.369 e. The van der Waals surface area contributed by atoms with Gasteiger partial charge in [0, 0.05) is 18.7 Å². The standard InChI is InChI=1S/C32H27FN4O2/c33-28-15-14-23-16-17-36(21-25(23)19-28)29(38)24-9-7-8-22(18-24)20-37-30(39)32(35-31(37)34,26-10-3-1-4-11-26)27-12-5-2-6-13-27/h1-15,18-19H,16-17,20-21H2,(H2,34,35). The fraction of sp³-hybridized carbons (Fsp3) is 0.156. The number of hydrogen-bond acceptors (Lipinski definition) is 4. The molecular weight excluding hydrogens is 491 g/mol. The van der Waals surface area contributed by atoms with Crippen molar-refractivity contribution < 1.29 is 14.0 Å². The van der Waals surface area contributed by atoms with Gasteiger partial charge < -0.3 is 10.6 Å². The number of benzene rings is 4. The van der Waals surface area contributed by atoms with E-state index in [0.717, 1.165) is 27.8 Å². The monoisotopic (exact) mass is 518 g/mol. The number of rotatable bonds is 5. The molecule has 0 atom stereocenters. The van der Waals surface area contributed by atoms with Crippen molar-refractivity contribution in [3.05, 3.63) is 142 Å². The molecule has 0 bridgehead atoms. The third-order valence-corrected chi connectivity index (χ3v) is 7.48. The number of hydrogen-bond donors (Lipinski definition) is 1. The minimum atomic E-state index is -1.28. The molecule has 2 heterocycles. The molecule has 4 aromatic carbocycles. The van der Waals surface area contributed by atoms with Gasteiger partial charge in [0.05, 0.1) is 6.54 Å². The molecule has 0 saturated heterocycles. The lowest BCUT2D eigenvalue weighted by molar-refractivity contribution is -0.130. The van der Waals surface area contributed by atoms with Crippen molar-refractivity contribution >= 4 is 17.8 Å². The van der Waals surface area contributed by atoms with Crippen LogP contribution in [0.3, 0.4) is 0 Å². The summed E-state index contributed by atoms with van der Waals surface area (Å²) in [6, 6.07) is 30.8. The van der Waals surface area contributed by atoms with Gasteiger partial charge in [-0.15, -0.1) is 0 Å². The van der Waals surface area contributed by atoms with E-state index in [1.807, 2.05) is 66.7 Å². The van der Waals surface area contributed by atoms with E-state index in [4.69, 9.17) is 10.7 Å². The number of nitrogens with zero attached hydrogens (tertiary/aromatic N) is 3. The molecule has 2 aliphatic rings. The quantitative estimate of drug-likeness (QED) is 0.419. The van der Waals surface area contributed by atoms with E-state index >= 15 is 0 Å². The second-order valence-corrected chi connectivity index (χ2v) is 9.89. The van der Waals surface area contributed by atoms with Gasteiger partial charge in [0.15, 0.2) is 11.5 Å². The summed E-state index contributed by atoms with van der Waals surface area (Å²) in [5.41, 5.74) is 9.73. The summed E-state index contributed by atoms with van der Waals surface area (Å²) in [6.07, 6.45) is 0.678. The van der Waals surface area contributed by atoms with E-state index in [0.29, 0.717) is 25.1 Å². The number of amides is 2. The molecule has 0 spiro atoms. The van der Waals surface area contributed by atoms with E-state index in [2.05, 4.69) is 0 Å². The maximum Gasteiger partial charge on any atom is 0.266 e. The Labute approximate surface area is 226 Å². The number of aliphatic imine (C=N–C) groups is 1. The second kappa shape index (κ2) is 9.83. The lowest BCUT2D eigenvalue weighted by Gasteiger charge is -2.29. The maximum absolute atomic E-state index is 14.1. The summed E-state index contributed by atoms with van der Waals surface area (Å²) in [7, 11) is 0. The van der Waals surface area contributed by atoms with Gasteiger partial charge in [-0.1, -0.05) is 78.9 Å². The Morgan fingerprint density at radius 2 is 1.56 bits per heavy atom. The van der Waals surface area contributed by atoms with Crippen LogP contribution < -0.4 is 5.73 Å². The van der Waals surface area contributed by atoms with Crippen LogP contribution in [0.2, 0.25) is 0 Å². The average Bonchev–Trinajstić information content (AvgIpc) is 3.23. The van der Waals surface area contributed by atoms with Crippen molar-refractivity contribution in [3.63, 3.8) is 0 Å². The fourth-order valence-electron chi connectivity index (χ4n) is 5.50. The van der Waals surface area contributed by atoms with Gasteiger partial charge in [-0.3, -0.25) is 14.5 Å². The van der Waals surface area contributed by atoms with Crippen LogP contribution in [-0.4, -0.2) is 34.1 Å². The highest BCUT2D eigenvalue weighted by atomic mass is 19.1. The van der Waals surface area contributed by atoms with Crippen LogP contribution in [0, 0.1) is 5.82 Å². The van der Waals surface area contributed by atoms with Crippen molar-refractivity contribution in [1.29, 1.82) is 0 Å². The topological polar surface area (TPSA) is 79.0 Å². The molecule has 0 unspecified atom stereocenters. The Morgan fingerprint density at radius 3 is 2.26 bits per heavy atom. The Balaban J connectivity index is 1.27. The minimum absolute atomic E-state index is 0.124. The lowest BCUT2D eigenvalue weighted by atomic mass is 9.83. The Bertz CT molecular complexity index is 1550. The zero-order valence-corrected chi connectivity index (χ0v) is 21.3. The maximum atomic E-state index is 14.1. The number of carbonyl (C=O) groups excluding carboxylic acids is 2. The molecule has 6 rings (SSSR count). The average molecular weight is 519 g/mol. The summed E-state index contributed by atoms with van der Waals surface area (Å²) in [5.74, 6) is -0.561. The summed E-state index contributed by atoms with van der Waals surface area (Å²) in [6.45, 7) is 1.09. The van der Waals surface area contributed by atoms with Crippen molar-refractivity contribution in [2.75, 3.05) is 6.54 Å². The first-order valence-electron chi connectivity index (χ1n) is 12.9. The van der Waals surface area contributed by atoms with Crippen LogP contribution in [0.15, 0.2) is 108 Å². The zero-order chi connectivity index (χ0) is 27.0. The molecule has 2 aliphatic heterocycles. The molecule has 0 aromatic heterocycles. The SMILES string of the molecule is NC1=NC(c2ccccc2)(c2ccccc2)C(=O)N1Cc1cccc(C(=O)N2CCc3ccc(F)cc3C2)c1. The van der Waals surface area contributed by atoms with E-state index in [-0.39, 0.29) is 30.1 Å². The van der Waals surface area contributed by atoms with Crippen molar-refractivity contribution in [3.8, 4) is 0 Å². The highest BCUT2D eigenvalue weighted by Crippen LogP contribution is 2.40. The zero-order valence-electron chi connectivity index (χ0n) is 21.3. The van der Waals surface area contributed by atoms with E-state index < -0.39 is 5.54 Å². The number of guanidine groups is 1. The molecule has 2 N–H and O–H groups in total. The van der Waals surface area contributed by atoms with Gasteiger partial charge in [0.2, 0.25) is 0 Å². The van der Waals surface area contributed by atoms with Crippen LogP contribution in [0.5, 0.6) is 0 Å². The summed E-state index contributed by atoms with van der Waals surface area (Å²) in [5, 5.41) is 0. The van der Waals surface area contributed by atoms with Gasteiger partial charge in [-0.2, -0.15) is 0 Å². The molecule has 2 amide bonds. The Kier molecular flexibility index (Phi) is 6.19. The number of nitrogens with two attached hydrogens (primary N) is 1. The van der Waals surface area contributed by atoms with Gasteiger partial charge in [-0.05, 0) is 58.5 Å². The number of carbonyl (C=O) groups is 2. The van der Waals surface area contributed by atoms with Gasteiger partial charge in [0.25, 0.3) is 11.8 Å².